The second-order valence-corrected chi connectivity index (χ2v) is 6.23. The van der Waals surface area contributed by atoms with Crippen molar-refractivity contribution in [3.63, 3.8) is 0 Å². The van der Waals surface area contributed by atoms with E-state index < -0.39 is 0 Å². The molecular formula is C16H21FN2O. The predicted octanol–water partition coefficient (Wildman–Crippen LogP) is 2.64. The maximum Gasteiger partial charge on any atom is 0.170 e. The fourth-order valence-corrected chi connectivity index (χ4v) is 4.34. The Hall–Kier alpha value is -1.29. The van der Waals surface area contributed by atoms with Crippen molar-refractivity contribution in [2.75, 3.05) is 31.6 Å². The molecule has 0 amide bonds. The number of anilines is 1. The van der Waals surface area contributed by atoms with Crippen LogP contribution in [0.1, 0.15) is 36.3 Å². The molecule has 1 fully saturated rings. The highest BCUT2D eigenvalue weighted by Crippen LogP contribution is 2.51. The molecule has 3 nitrogen and oxygen atoms in total. The smallest absolute Gasteiger partial charge is 0.170 e. The van der Waals surface area contributed by atoms with E-state index in [1.165, 1.54) is 18.4 Å². The summed E-state index contributed by atoms with van der Waals surface area (Å²) in [6, 6.07) is 1.88. The summed E-state index contributed by atoms with van der Waals surface area (Å²) in [7, 11) is 1.56. The maximum atomic E-state index is 14.9. The van der Waals surface area contributed by atoms with Gasteiger partial charge in [0.25, 0.3) is 0 Å². The lowest BCUT2D eigenvalue weighted by Crippen LogP contribution is -2.38. The van der Waals surface area contributed by atoms with Crippen LogP contribution in [0.15, 0.2) is 6.07 Å². The molecule has 108 valence electrons. The normalized spacial score (nSPS) is 27.8. The molecule has 0 spiro atoms. The van der Waals surface area contributed by atoms with Gasteiger partial charge in [-0.1, -0.05) is 6.42 Å². The molecule has 0 radical (unpaired) electrons. The minimum atomic E-state index is -0.116. The van der Waals surface area contributed by atoms with E-state index in [0.717, 1.165) is 43.9 Å². The van der Waals surface area contributed by atoms with Crippen LogP contribution in [-0.4, -0.2) is 26.7 Å². The van der Waals surface area contributed by atoms with E-state index in [0.29, 0.717) is 17.6 Å². The van der Waals surface area contributed by atoms with Crippen molar-refractivity contribution in [1.29, 1.82) is 0 Å². The highest BCUT2D eigenvalue weighted by Gasteiger charge is 2.40. The minimum Gasteiger partial charge on any atom is -0.494 e. The lowest BCUT2D eigenvalue weighted by Gasteiger charge is -2.39. The number of benzene rings is 1. The van der Waals surface area contributed by atoms with Gasteiger partial charge in [0.15, 0.2) is 11.6 Å². The lowest BCUT2D eigenvalue weighted by molar-refractivity contribution is 0.372. The molecule has 2 unspecified atom stereocenters. The molecule has 2 heterocycles. The third-order valence-corrected chi connectivity index (χ3v) is 5.21. The summed E-state index contributed by atoms with van der Waals surface area (Å²) in [6.07, 6.45) is 3.59. The van der Waals surface area contributed by atoms with Gasteiger partial charge in [-0.3, -0.25) is 0 Å². The fraction of sp³-hybridized carbons (Fsp3) is 0.625. The zero-order valence-electron chi connectivity index (χ0n) is 11.9. The SMILES string of the molecule is COc1cc2c3c(c1F)C1CCCC1CN3CCNC2. The summed E-state index contributed by atoms with van der Waals surface area (Å²) in [5.74, 6) is 1.31. The molecule has 1 N–H and O–H groups in total. The molecule has 4 rings (SSSR count). The Morgan fingerprint density at radius 3 is 3.15 bits per heavy atom. The Kier molecular flexibility index (Phi) is 2.88. The summed E-state index contributed by atoms with van der Waals surface area (Å²) in [5.41, 5.74) is 3.30. The monoisotopic (exact) mass is 276 g/mol. The van der Waals surface area contributed by atoms with Crippen molar-refractivity contribution in [2.24, 2.45) is 5.92 Å². The molecule has 2 aliphatic heterocycles. The first-order chi connectivity index (χ1) is 9.79. The van der Waals surface area contributed by atoms with Crippen LogP contribution in [0, 0.1) is 11.7 Å². The van der Waals surface area contributed by atoms with Crippen LogP contribution in [-0.2, 0) is 6.54 Å². The van der Waals surface area contributed by atoms with Crippen LogP contribution in [0.3, 0.4) is 0 Å². The van der Waals surface area contributed by atoms with Crippen LogP contribution in [0.4, 0.5) is 10.1 Å². The molecular weight excluding hydrogens is 255 g/mol. The average Bonchev–Trinajstić information content (AvgIpc) is 2.83. The molecule has 4 heteroatoms. The number of ether oxygens (including phenoxy) is 1. The van der Waals surface area contributed by atoms with E-state index in [9.17, 15) is 4.39 Å². The fourth-order valence-electron chi connectivity index (χ4n) is 4.34. The molecule has 0 aromatic heterocycles. The zero-order valence-corrected chi connectivity index (χ0v) is 11.9. The van der Waals surface area contributed by atoms with E-state index in [4.69, 9.17) is 4.74 Å². The van der Waals surface area contributed by atoms with Crippen molar-refractivity contribution in [3.8, 4) is 5.75 Å². The van der Waals surface area contributed by atoms with Gasteiger partial charge in [-0.15, -0.1) is 0 Å². The predicted molar refractivity (Wildman–Crippen MR) is 77.0 cm³/mol. The molecule has 0 saturated heterocycles. The number of hydrogen-bond donors (Lipinski definition) is 1. The molecule has 0 bridgehead atoms. The molecule has 20 heavy (non-hydrogen) atoms. The number of hydrogen-bond acceptors (Lipinski definition) is 3. The van der Waals surface area contributed by atoms with Gasteiger partial charge in [0.2, 0.25) is 0 Å². The number of fused-ring (bicyclic) bond motifs is 2. The Labute approximate surface area is 119 Å². The van der Waals surface area contributed by atoms with E-state index in [1.807, 2.05) is 6.07 Å². The molecule has 1 aromatic carbocycles. The van der Waals surface area contributed by atoms with Gasteiger partial charge < -0.3 is 15.0 Å². The maximum absolute atomic E-state index is 14.9. The highest BCUT2D eigenvalue weighted by atomic mass is 19.1. The topological polar surface area (TPSA) is 24.5 Å². The lowest BCUT2D eigenvalue weighted by atomic mass is 9.82. The van der Waals surface area contributed by atoms with Crippen molar-refractivity contribution in [3.05, 3.63) is 23.0 Å². The van der Waals surface area contributed by atoms with Gasteiger partial charge in [-0.25, -0.2) is 4.39 Å². The Morgan fingerprint density at radius 1 is 1.40 bits per heavy atom. The van der Waals surface area contributed by atoms with Gasteiger partial charge in [-0.2, -0.15) is 0 Å². The third kappa shape index (κ3) is 1.67. The van der Waals surface area contributed by atoms with Gasteiger partial charge in [-0.05, 0) is 36.3 Å². The first-order valence-corrected chi connectivity index (χ1v) is 7.64. The van der Waals surface area contributed by atoms with Gasteiger partial charge in [0, 0.05) is 37.4 Å². The summed E-state index contributed by atoms with van der Waals surface area (Å²) in [6.45, 7) is 3.86. The van der Waals surface area contributed by atoms with Crippen LogP contribution in [0.2, 0.25) is 0 Å². The van der Waals surface area contributed by atoms with Crippen LogP contribution < -0.4 is 15.0 Å². The van der Waals surface area contributed by atoms with Crippen LogP contribution in [0.5, 0.6) is 5.75 Å². The van der Waals surface area contributed by atoms with E-state index in [2.05, 4.69) is 10.2 Å². The molecule has 3 aliphatic rings. The molecule has 1 aromatic rings. The molecule has 1 aliphatic carbocycles. The quantitative estimate of drug-likeness (QED) is 0.853. The zero-order chi connectivity index (χ0) is 13.7. The highest BCUT2D eigenvalue weighted by molar-refractivity contribution is 5.67. The molecule has 1 saturated carbocycles. The van der Waals surface area contributed by atoms with Gasteiger partial charge >= 0.3 is 0 Å². The van der Waals surface area contributed by atoms with E-state index in [1.54, 1.807) is 7.11 Å². The van der Waals surface area contributed by atoms with Crippen molar-refractivity contribution < 1.29 is 9.13 Å². The summed E-state index contributed by atoms with van der Waals surface area (Å²) in [5, 5.41) is 3.44. The Balaban J connectivity index is 1.95. The van der Waals surface area contributed by atoms with Crippen LogP contribution in [0.25, 0.3) is 0 Å². The molecule has 2 atom stereocenters. The average molecular weight is 276 g/mol. The summed E-state index contributed by atoms with van der Waals surface area (Å²) >= 11 is 0. The van der Waals surface area contributed by atoms with Crippen molar-refractivity contribution >= 4 is 5.69 Å². The van der Waals surface area contributed by atoms with E-state index >= 15 is 0 Å². The standard InChI is InChI=1S/C16H21FN2O/c1-20-13-7-11-8-18-5-6-19-9-10-3-2-4-12(10)14(15(13)17)16(11)19/h7,10,12,18H,2-6,8-9H2,1H3. The van der Waals surface area contributed by atoms with Crippen LogP contribution >= 0.6 is 0 Å². The van der Waals surface area contributed by atoms with Crippen molar-refractivity contribution in [2.45, 2.75) is 31.7 Å². The third-order valence-electron chi connectivity index (χ3n) is 5.21. The Morgan fingerprint density at radius 2 is 2.30 bits per heavy atom. The van der Waals surface area contributed by atoms with Gasteiger partial charge in [0.1, 0.15) is 0 Å². The summed E-state index contributed by atoms with van der Waals surface area (Å²) in [4.78, 5) is 2.40. The van der Waals surface area contributed by atoms with E-state index in [-0.39, 0.29) is 5.82 Å². The van der Waals surface area contributed by atoms with Gasteiger partial charge in [0.05, 0.1) is 7.11 Å². The number of halogens is 1. The number of nitrogens with one attached hydrogen (secondary N) is 1. The second-order valence-electron chi connectivity index (χ2n) is 6.23. The number of methoxy groups -OCH3 is 1. The number of rotatable bonds is 1. The number of nitrogens with zero attached hydrogens (tertiary/aromatic N) is 1. The first kappa shape index (κ1) is 12.5. The van der Waals surface area contributed by atoms with Crippen molar-refractivity contribution in [1.82, 2.24) is 5.32 Å². The summed E-state index contributed by atoms with van der Waals surface area (Å²) < 4.78 is 20.1. The first-order valence-electron chi connectivity index (χ1n) is 7.64. The second kappa shape index (κ2) is 4.62. The Bertz CT molecular complexity index is 546. The minimum absolute atomic E-state index is 0.116. The largest absolute Gasteiger partial charge is 0.494 e.